The summed E-state index contributed by atoms with van der Waals surface area (Å²) < 4.78 is 20.8. The maximum Gasteiger partial charge on any atom is 0.254 e. The van der Waals surface area contributed by atoms with Gasteiger partial charge in [0.25, 0.3) is 5.91 Å². The van der Waals surface area contributed by atoms with Crippen LogP contribution in [-0.2, 0) is 22.6 Å². The number of ether oxygens (including phenoxy) is 1. The molecule has 1 aliphatic rings. The number of hydrogen-bond acceptors (Lipinski definition) is 3. The van der Waals surface area contributed by atoms with Gasteiger partial charge in [-0.25, -0.2) is 4.39 Å². The van der Waals surface area contributed by atoms with Gasteiger partial charge in [-0.1, -0.05) is 61.7 Å². The number of benzene rings is 3. The van der Waals surface area contributed by atoms with Crippen molar-refractivity contribution >= 4 is 22.6 Å². The summed E-state index contributed by atoms with van der Waals surface area (Å²) in [6, 6.07) is 24.4. The SMILES string of the molecule is COCCCN(CC(=O)N(Cc1cccn1Cc1ccc(F)cc1)C1CCCCC1)C(=O)c1ccc2ccccc2c1. The molecule has 0 saturated heterocycles. The molecule has 1 fully saturated rings. The van der Waals surface area contributed by atoms with Crippen molar-refractivity contribution in [2.75, 3.05) is 26.8 Å². The van der Waals surface area contributed by atoms with Crippen LogP contribution in [0.2, 0.25) is 0 Å². The lowest BCUT2D eigenvalue weighted by molar-refractivity contribution is -0.135. The van der Waals surface area contributed by atoms with E-state index in [9.17, 15) is 14.0 Å². The topological polar surface area (TPSA) is 54.8 Å². The van der Waals surface area contributed by atoms with Crippen LogP contribution in [0.25, 0.3) is 10.8 Å². The van der Waals surface area contributed by atoms with Gasteiger partial charge in [-0.05, 0) is 72.0 Å². The highest BCUT2D eigenvalue weighted by molar-refractivity contribution is 6.00. The summed E-state index contributed by atoms with van der Waals surface area (Å²) in [5.74, 6) is -0.440. The second kappa shape index (κ2) is 14.3. The number of carbonyl (C=O) groups is 2. The van der Waals surface area contributed by atoms with Crippen molar-refractivity contribution in [3.8, 4) is 0 Å². The van der Waals surface area contributed by atoms with Crippen molar-refractivity contribution in [1.82, 2.24) is 14.4 Å². The Morgan fingerprint density at radius 3 is 2.45 bits per heavy atom. The van der Waals surface area contributed by atoms with E-state index in [1.807, 2.05) is 65.7 Å². The minimum atomic E-state index is -0.256. The molecule has 1 saturated carbocycles. The standard InChI is InChI=1S/C35H40FN3O3/c1-42-22-8-21-38(35(41)30-17-16-28-9-5-6-10-29(28)23-30)26-34(40)39(32-11-3-2-4-12-32)25-33-13-7-20-37(33)24-27-14-18-31(36)19-15-27/h5-7,9-10,13-20,23,32H,2-4,8,11-12,21-22,24-26H2,1H3. The molecule has 0 spiro atoms. The molecule has 4 aromatic rings. The maximum atomic E-state index is 14.1. The molecule has 1 aliphatic carbocycles. The van der Waals surface area contributed by atoms with Crippen molar-refractivity contribution in [3.05, 3.63) is 108 Å². The van der Waals surface area contributed by atoms with E-state index in [2.05, 4.69) is 4.57 Å². The number of nitrogens with zero attached hydrogens (tertiary/aromatic N) is 3. The molecular weight excluding hydrogens is 529 g/mol. The second-order valence-corrected chi connectivity index (χ2v) is 11.2. The van der Waals surface area contributed by atoms with Gasteiger partial charge in [-0.2, -0.15) is 0 Å². The zero-order chi connectivity index (χ0) is 29.3. The number of carbonyl (C=O) groups excluding carboxylic acids is 2. The van der Waals surface area contributed by atoms with Crippen LogP contribution in [0.3, 0.4) is 0 Å². The van der Waals surface area contributed by atoms with Gasteiger partial charge in [-0.15, -0.1) is 0 Å². The number of rotatable bonds is 12. The molecule has 0 unspecified atom stereocenters. The van der Waals surface area contributed by atoms with Crippen LogP contribution in [0.4, 0.5) is 4.39 Å². The Labute approximate surface area is 247 Å². The predicted molar refractivity (Wildman–Crippen MR) is 164 cm³/mol. The Morgan fingerprint density at radius 1 is 0.929 bits per heavy atom. The summed E-state index contributed by atoms with van der Waals surface area (Å²) in [5.41, 5.74) is 2.59. The molecule has 3 aromatic carbocycles. The molecule has 220 valence electrons. The van der Waals surface area contributed by atoms with Gasteiger partial charge in [0.2, 0.25) is 5.91 Å². The Morgan fingerprint density at radius 2 is 1.69 bits per heavy atom. The van der Waals surface area contributed by atoms with E-state index in [0.29, 0.717) is 38.2 Å². The molecule has 0 atom stereocenters. The highest BCUT2D eigenvalue weighted by Gasteiger charge is 2.29. The van der Waals surface area contributed by atoms with E-state index >= 15 is 0 Å². The van der Waals surface area contributed by atoms with Crippen molar-refractivity contribution in [2.24, 2.45) is 0 Å². The maximum absolute atomic E-state index is 14.1. The Balaban J connectivity index is 1.37. The van der Waals surface area contributed by atoms with Gasteiger partial charge in [-0.3, -0.25) is 9.59 Å². The van der Waals surface area contributed by atoms with Gasteiger partial charge in [0.1, 0.15) is 12.4 Å². The molecular formula is C35H40FN3O3. The minimum absolute atomic E-state index is 0.0184. The summed E-state index contributed by atoms with van der Waals surface area (Å²) in [6.45, 7) is 2.03. The third-order valence-corrected chi connectivity index (χ3v) is 8.24. The lowest BCUT2D eigenvalue weighted by atomic mass is 9.94. The zero-order valence-corrected chi connectivity index (χ0v) is 24.4. The molecule has 5 rings (SSSR count). The fourth-order valence-corrected chi connectivity index (χ4v) is 5.93. The monoisotopic (exact) mass is 569 g/mol. The van der Waals surface area contributed by atoms with E-state index < -0.39 is 0 Å². The highest BCUT2D eigenvalue weighted by atomic mass is 19.1. The summed E-state index contributed by atoms with van der Waals surface area (Å²) in [6.07, 6.45) is 7.95. The van der Waals surface area contributed by atoms with Crippen LogP contribution in [0.5, 0.6) is 0 Å². The lowest BCUT2D eigenvalue weighted by Crippen LogP contribution is -2.48. The smallest absolute Gasteiger partial charge is 0.254 e. The number of hydrogen-bond donors (Lipinski definition) is 0. The molecule has 42 heavy (non-hydrogen) atoms. The van der Waals surface area contributed by atoms with Crippen LogP contribution < -0.4 is 0 Å². The van der Waals surface area contributed by atoms with E-state index in [1.165, 1.54) is 18.6 Å². The number of methoxy groups -OCH3 is 1. The summed E-state index contributed by atoms with van der Waals surface area (Å²) >= 11 is 0. The third kappa shape index (κ3) is 7.45. The average Bonchev–Trinajstić information content (AvgIpc) is 3.46. The van der Waals surface area contributed by atoms with E-state index in [0.717, 1.165) is 47.7 Å². The molecule has 7 heteroatoms. The molecule has 0 N–H and O–H groups in total. The van der Waals surface area contributed by atoms with Crippen LogP contribution >= 0.6 is 0 Å². The fraction of sp³-hybridized carbons (Fsp3) is 0.371. The number of aromatic nitrogens is 1. The Hall–Kier alpha value is -3.97. The Kier molecular flexibility index (Phi) is 10.0. The molecule has 6 nitrogen and oxygen atoms in total. The van der Waals surface area contributed by atoms with Crippen molar-refractivity contribution in [1.29, 1.82) is 0 Å². The second-order valence-electron chi connectivity index (χ2n) is 11.2. The summed E-state index contributed by atoms with van der Waals surface area (Å²) in [5, 5.41) is 2.07. The number of fused-ring (bicyclic) bond motifs is 1. The average molecular weight is 570 g/mol. The predicted octanol–water partition coefficient (Wildman–Crippen LogP) is 6.67. The number of halogens is 1. The van der Waals surface area contributed by atoms with Gasteiger partial charge in [0, 0.05) is 50.3 Å². The summed E-state index contributed by atoms with van der Waals surface area (Å²) in [4.78, 5) is 31.6. The zero-order valence-electron chi connectivity index (χ0n) is 24.4. The third-order valence-electron chi connectivity index (χ3n) is 8.24. The number of amides is 2. The highest BCUT2D eigenvalue weighted by Crippen LogP contribution is 2.25. The molecule has 1 heterocycles. The lowest BCUT2D eigenvalue weighted by Gasteiger charge is -2.36. The van der Waals surface area contributed by atoms with Crippen LogP contribution in [0.1, 0.15) is 60.1 Å². The molecule has 1 aromatic heterocycles. The van der Waals surface area contributed by atoms with Crippen LogP contribution in [0.15, 0.2) is 85.1 Å². The molecule has 0 radical (unpaired) electrons. The quantitative estimate of drug-likeness (QED) is 0.179. The van der Waals surface area contributed by atoms with E-state index in [-0.39, 0.29) is 30.2 Å². The van der Waals surface area contributed by atoms with Gasteiger partial charge in [0.05, 0.1) is 6.54 Å². The van der Waals surface area contributed by atoms with Crippen molar-refractivity contribution in [3.63, 3.8) is 0 Å². The van der Waals surface area contributed by atoms with Gasteiger partial charge < -0.3 is 19.1 Å². The van der Waals surface area contributed by atoms with Gasteiger partial charge in [0.15, 0.2) is 0 Å². The van der Waals surface area contributed by atoms with E-state index in [1.54, 1.807) is 24.1 Å². The first-order chi connectivity index (χ1) is 20.5. The largest absolute Gasteiger partial charge is 0.385 e. The molecule has 0 bridgehead atoms. The fourth-order valence-electron chi connectivity index (χ4n) is 5.93. The first-order valence-corrected chi connectivity index (χ1v) is 15.0. The van der Waals surface area contributed by atoms with Crippen LogP contribution in [-0.4, -0.2) is 59.0 Å². The van der Waals surface area contributed by atoms with Crippen molar-refractivity contribution in [2.45, 2.75) is 57.7 Å². The Bertz CT molecular complexity index is 1480. The first kappa shape index (κ1) is 29.5. The van der Waals surface area contributed by atoms with Crippen LogP contribution in [0, 0.1) is 5.82 Å². The summed E-state index contributed by atoms with van der Waals surface area (Å²) in [7, 11) is 1.65. The van der Waals surface area contributed by atoms with Gasteiger partial charge >= 0.3 is 0 Å². The first-order valence-electron chi connectivity index (χ1n) is 15.0. The van der Waals surface area contributed by atoms with Crippen molar-refractivity contribution < 1.29 is 18.7 Å². The minimum Gasteiger partial charge on any atom is -0.385 e. The normalized spacial score (nSPS) is 13.8. The van der Waals surface area contributed by atoms with E-state index in [4.69, 9.17) is 4.74 Å². The molecule has 2 amide bonds. The molecule has 0 aliphatic heterocycles.